The molecule has 0 saturated heterocycles. The maximum atomic E-state index is 12.0. The summed E-state index contributed by atoms with van der Waals surface area (Å²) >= 11 is 0. The van der Waals surface area contributed by atoms with Crippen LogP contribution >= 0.6 is 0 Å². The smallest absolute Gasteiger partial charge is 0.251 e. The zero-order valence-corrected chi connectivity index (χ0v) is 12.2. The Hall–Kier alpha value is -1.61. The first-order valence-corrected chi connectivity index (χ1v) is 7.50. The number of fused-ring (bicyclic) bond motifs is 1. The third-order valence-corrected chi connectivity index (χ3v) is 3.46. The molecule has 20 heavy (non-hydrogen) atoms. The van der Waals surface area contributed by atoms with Crippen molar-refractivity contribution in [3.05, 3.63) is 46.2 Å². The van der Waals surface area contributed by atoms with E-state index in [-0.39, 0.29) is 5.56 Å². The molecule has 0 bridgehead atoms. The van der Waals surface area contributed by atoms with Crippen molar-refractivity contribution in [1.82, 2.24) is 4.98 Å². The van der Waals surface area contributed by atoms with Gasteiger partial charge < -0.3 is 9.72 Å². The molecule has 2 aromatic rings. The van der Waals surface area contributed by atoms with E-state index in [4.69, 9.17) is 4.74 Å². The van der Waals surface area contributed by atoms with Gasteiger partial charge in [-0.05, 0) is 43.2 Å². The van der Waals surface area contributed by atoms with Gasteiger partial charge in [-0.15, -0.1) is 0 Å². The van der Waals surface area contributed by atoms with Crippen LogP contribution in [0.5, 0.6) is 0 Å². The molecular formula is C17H23NO2. The second-order valence-electron chi connectivity index (χ2n) is 5.13. The van der Waals surface area contributed by atoms with E-state index in [9.17, 15) is 4.79 Å². The number of pyridine rings is 1. The quantitative estimate of drug-likeness (QED) is 0.746. The molecule has 0 saturated carbocycles. The lowest BCUT2D eigenvalue weighted by Gasteiger charge is -2.04. The molecule has 0 amide bonds. The highest BCUT2D eigenvalue weighted by Gasteiger charge is 2.02. The van der Waals surface area contributed by atoms with Gasteiger partial charge in [0.15, 0.2) is 0 Å². The number of hydrogen-bond acceptors (Lipinski definition) is 2. The number of unbranched alkanes of at least 4 members (excludes halogenated alkanes) is 2. The van der Waals surface area contributed by atoms with Crippen molar-refractivity contribution in [3.63, 3.8) is 0 Å². The number of hydrogen-bond donors (Lipinski definition) is 1. The fraction of sp³-hybridized carbons (Fsp3) is 0.471. The number of aromatic amines is 1. The molecule has 108 valence electrons. The number of para-hydroxylation sites is 1. The molecule has 1 aromatic carbocycles. The maximum Gasteiger partial charge on any atom is 0.251 e. The maximum absolute atomic E-state index is 12.0. The lowest BCUT2D eigenvalue weighted by atomic mass is 10.1. The van der Waals surface area contributed by atoms with E-state index < -0.39 is 0 Å². The minimum Gasteiger partial charge on any atom is -0.381 e. The van der Waals surface area contributed by atoms with Crippen LogP contribution in [0, 0.1) is 0 Å². The lowest BCUT2D eigenvalue weighted by Crippen LogP contribution is -2.12. The molecule has 3 nitrogen and oxygen atoms in total. The zero-order valence-electron chi connectivity index (χ0n) is 12.2. The largest absolute Gasteiger partial charge is 0.381 e. The Labute approximate surface area is 120 Å². The van der Waals surface area contributed by atoms with Crippen molar-refractivity contribution >= 4 is 10.9 Å². The van der Waals surface area contributed by atoms with Gasteiger partial charge in [-0.2, -0.15) is 0 Å². The van der Waals surface area contributed by atoms with Crippen molar-refractivity contribution in [2.45, 2.75) is 39.0 Å². The summed E-state index contributed by atoms with van der Waals surface area (Å²) in [5.74, 6) is 0. The van der Waals surface area contributed by atoms with Crippen LogP contribution in [0.1, 0.15) is 38.2 Å². The second kappa shape index (κ2) is 7.85. The van der Waals surface area contributed by atoms with Crippen molar-refractivity contribution in [2.75, 3.05) is 13.2 Å². The highest BCUT2D eigenvalue weighted by molar-refractivity contribution is 5.78. The van der Waals surface area contributed by atoms with Crippen molar-refractivity contribution in [3.8, 4) is 0 Å². The first kappa shape index (κ1) is 14.8. The standard InChI is InChI=1S/C17H23NO2/c1-2-3-11-20-12-7-6-9-15-13-14-8-4-5-10-16(14)18-17(15)19/h4-5,8,10,13H,2-3,6-7,9,11-12H2,1H3,(H,18,19). The van der Waals surface area contributed by atoms with E-state index in [0.717, 1.165) is 55.4 Å². The van der Waals surface area contributed by atoms with Gasteiger partial charge in [0.25, 0.3) is 5.56 Å². The first-order chi connectivity index (χ1) is 9.81. The Morgan fingerprint density at radius 3 is 2.75 bits per heavy atom. The molecule has 0 aliphatic rings. The molecule has 0 aliphatic carbocycles. The Morgan fingerprint density at radius 2 is 1.90 bits per heavy atom. The van der Waals surface area contributed by atoms with E-state index >= 15 is 0 Å². The van der Waals surface area contributed by atoms with Crippen LogP contribution in [0.15, 0.2) is 35.1 Å². The number of rotatable bonds is 8. The highest BCUT2D eigenvalue weighted by atomic mass is 16.5. The van der Waals surface area contributed by atoms with Crippen molar-refractivity contribution in [2.24, 2.45) is 0 Å². The van der Waals surface area contributed by atoms with Gasteiger partial charge in [0.1, 0.15) is 0 Å². The number of aryl methyl sites for hydroxylation is 1. The molecule has 3 heteroatoms. The fourth-order valence-electron chi connectivity index (χ4n) is 2.25. The number of aromatic nitrogens is 1. The van der Waals surface area contributed by atoms with Gasteiger partial charge in [0.05, 0.1) is 0 Å². The highest BCUT2D eigenvalue weighted by Crippen LogP contribution is 2.11. The molecule has 1 aromatic heterocycles. The molecule has 0 radical (unpaired) electrons. The van der Waals surface area contributed by atoms with Crippen LogP contribution in [0.25, 0.3) is 10.9 Å². The van der Waals surface area contributed by atoms with Gasteiger partial charge in [0, 0.05) is 24.3 Å². The molecule has 2 rings (SSSR count). The van der Waals surface area contributed by atoms with Gasteiger partial charge >= 0.3 is 0 Å². The third-order valence-electron chi connectivity index (χ3n) is 3.46. The lowest BCUT2D eigenvalue weighted by molar-refractivity contribution is 0.127. The Bertz CT molecular complexity index is 589. The number of benzene rings is 1. The molecule has 0 unspecified atom stereocenters. The second-order valence-corrected chi connectivity index (χ2v) is 5.13. The van der Waals surface area contributed by atoms with Crippen molar-refractivity contribution < 1.29 is 4.74 Å². The molecule has 1 heterocycles. The van der Waals surface area contributed by atoms with E-state index in [1.807, 2.05) is 30.3 Å². The Morgan fingerprint density at radius 1 is 1.10 bits per heavy atom. The van der Waals surface area contributed by atoms with Gasteiger partial charge in [-0.25, -0.2) is 0 Å². The minimum atomic E-state index is 0.0376. The number of H-pyrrole nitrogens is 1. The summed E-state index contributed by atoms with van der Waals surface area (Å²) in [5.41, 5.74) is 1.82. The topological polar surface area (TPSA) is 42.1 Å². The van der Waals surface area contributed by atoms with Crippen LogP contribution in [-0.4, -0.2) is 18.2 Å². The number of ether oxygens (including phenoxy) is 1. The summed E-state index contributed by atoms with van der Waals surface area (Å²) in [7, 11) is 0. The normalized spacial score (nSPS) is 11.1. The van der Waals surface area contributed by atoms with E-state index in [2.05, 4.69) is 11.9 Å². The predicted molar refractivity (Wildman–Crippen MR) is 83.2 cm³/mol. The van der Waals surface area contributed by atoms with Crippen LogP contribution in [0.2, 0.25) is 0 Å². The molecule has 0 fully saturated rings. The summed E-state index contributed by atoms with van der Waals surface area (Å²) in [5, 5.41) is 1.10. The number of nitrogens with one attached hydrogen (secondary N) is 1. The summed E-state index contributed by atoms with van der Waals surface area (Å²) in [6.07, 6.45) is 5.12. The Balaban J connectivity index is 1.84. The average molecular weight is 273 g/mol. The summed E-state index contributed by atoms with van der Waals surface area (Å²) < 4.78 is 5.53. The van der Waals surface area contributed by atoms with Crippen molar-refractivity contribution in [1.29, 1.82) is 0 Å². The summed E-state index contributed by atoms with van der Waals surface area (Å²) in [6, 6.07) is 9.90. The van der Waals surface area contributed by atoms with Crippen LogP contribution in [0.3, 0.4) is 0 Å². The Kier molecular flexibility index (Phi) is 5.81. The van der Waals surface area contributed by atoms with E-state index in [1.54, 1.807) is 0 Å². The van der Waals surface area contributed by atoms with Crippen LogP contribution < -0.4 is 5.56 Å². The predicted octanol–water partition coefficient (Wildman–Crippen LogP) is 3.67. The monoisotopic (exact) mass is 273 g/mol. The van der Waals surface area contributed by atoms with Gasteiger partial charge in [-0.1, -0.05) is 31.5 Å². The SMILES string of the molecule is CCCCOCCCCc1cc2ccccc2[nH]c1=O. The van der Waals surface area contributed by atoms with Crippen LogP contribution in [0.4, 0.5) is 0 Å². The molecular weight excluding hydrogens is 250 g/mol. The molecule has 1 N–H and O–H groups in total. The first-order valence-electron chi connectivity index (χ1n) is 7.50. The molecule has 0 aliphatic heterocycles. The minimum absolute atomic E-state index is 0.0376. The molecule has 0 atom stereocenters. The van der Waals surface area contributed by atoms with E-state index in [0.29, 0.717) is 0 Å². The van der Waals surface area contributed by atoms with E-state index in [1.165, 1.54) is 6.42 Å². The van der Waals surface area contributed by atoms with Gasteiger partial charge in [-0.3, -0.25) is 4.79 Å². The third kappa shape index (κ3) is 4.20. The van der Waals surface area contributed by atoms with Gasteiger partial charge in [0.2, 0.25) is 0 Å². The molecule has 0 spiro atoms. The summed E-state index contributed by atoms with van der Waals surface area (Å²) in [4.78, 5) is 14.9. The van der Waals surface area contributed by atoms with Crippen LogP contribution in [-0.2, 0) is 11.2 Å². The summed E-state index contributed by atoms with van der Waals surface area (Å²) in [6.45, 7) is 3.81. The fourth-order valence-corrected chi connectivity index (χ4v) is 2.25. The zero-order chi connectivity index (χ0) is 14.2. The average Bonchev–Trinajstić information content (AvgIpc) is 2.46.